The molecule has 0 spiro atoms. The molecule has 0 aliphatic carbocycles. The van der Waals surface area contributed by atoms with Gasteiger partial charge in [-0.3, -0.25) is 19.7 Å². The molecule has 120 valence electrons. The highest BCUT2D eigenvalue weighted by Gasteiger charge is 2.13. The molecule has 0 unspecified atom stereocenters. The van der Waals surface area contributed by atoms with E-state index in [4.69, 9.17) is 0 Å². The van der Waals surface area contributed by atoms with Crippen LogP contribution in [0.2, 0.25) is 0 Å². The Labute approximate surface area is 137 Å². The Morgan fingerprint density at radius 1 is 1.26 bits per heavy atom. The van der Waals surface area contributed by atoms with E-state index in [1.165, 1.54) is 36.5 Å². The third-order valence-electron chi connectivity index (χ3n) is 3.32. The van der Waals surface area contributed by atoms with Crippen LogP contribution in [0.15, 0.2) is 30.3 Å². The van der Waals surface area contributed by atoms with Gasteiger partial charge in [-0.05, 0) is 44.5 Å². The van der Waals surface area contributed by atoms with E-state index in [0.29, 0.717) is 29.0 Å². The van der Waals surface area contributed by atoms with Gasteiger partial charge < -0.3 is 5.32 Å². The fourth-order valence-electron chi connectivity index (χ4n) is 2.10. The van der Waals surface area contributed by atoms with Crippen molar-refractivity contribution in [1.82, 2.24) is 5.32 Å². The van der Waals surface area contributed by atoms with Gasteiger partial charge in [0.2, 0.25) is 0 Å². The molecular formula is C16H16N2O4S. The molecule has 2 aromatic rings. The van der Waals surface area contributed by atoms with Crippen molar-refractivity contribution in [2.24, 2.45) is 0 Å². The maximum Gasteiger partial charge on any atom is 0.272 e. The predicted octanol–water partition coefficient (Wildman–Crippen LogP) is 3.14. The number of nitrogens with zero attached hydrogens (tertiary/aromatic N) is 1. The molecule has 2 rings (SSSR count). The highest BCUT2D eigenvalue weighted by molar-refractivity contribution is 7.14. The number of aryl methyl sites for hydroxylation is 1. The number of rotatable bonds is 6. The minimum absolute atomic E-state index is 0.00287. The minimum atomic E-state index is -0.472. The topological polar surface area (TPSA) is 89.3 Å². The van der Waals surface area contributed by atoms with Crippen LogP contribution in [-0.2, 0) is 6.42 Å². The number of benzene rings is 1. The van der Waals surface area contributed by atoms with Crippen LogP contribution < -0.4 is 5.32 Å². The first-order valence-corrected chi connectivity index (χ1v) is 7.83. The van der Waals surface area contributed by atoms with E-state index in [9.17, 15) is 19.7 Å². The quantitative estimate of drug-likeness (QED) is 0.500. The van der Waals surface area contributed by atoms with Crippen LogP contribution in [0.1, 0.15) is 37.4 Å². The Bertz CT molecular complexity index is 767. The van der Waals surface area contributed by atoms with Gasteiger partial charge in [-0.2, -0.15) is 0 Å². The van der Waals surface area contributed by atoms with Crippen molar-refractivity contribution in [2.75, 3.05) is 6.54 Å². The van der Waals surface area contributed by atoms with E-state index in [2.05, 4.69) is 5.32 Å². The Balaban J connectivity index is 1.93. The first-order chi connectivity index (χ1) is 10.9. The summed E-state index contributed by atoms with van der Waals surface area (Å²) in [7, 11) is 0. The number of ketones is 1. The van der Waals surface area contributed by atoms with Crippen molar-refractivity contribution >= 4 is 28.7 Å². The highest BCUT2D eigenvalue weighted by atomic mass is 32.1. The smallest absolute Gasteiger partial charge is 0.272 e. The van der Waals surface area contributed by atoms with Crippen molar-refractivity contribution in [3.05, 3.63) is 61.3 Å². The number of nitro benzene ring substituents is 1. The van der Waals surface area contributed by atoms with E-state index in [1.54, 1.807) is 13.0 Å². The average Bonchev–Trinajstić information content (AvgIpc) is 2.95. The SMILES string of the molecule is CC(=O)c1ccc(CCNC(=O)c2ccc([N+](=O)[O-])c(C)c2)s1. The van der Waals surface area contributed by atoms with Crippen molar-refractivity contribution in [2.45, 2.75) is 20.3 Å². The molecule has 1 heterocycles. The summed E-state index contributed by atoms with van der Waals surface area (Å²) < 4.78 is 0. The number of hydrogen-bond acceptors (Lipinski definition) is 5. The van der Waals surface area contributed by atoms with E-state index in [1.807, 2.05) is 6.07 Å². The van der Waals surface area contributed by atoms with Crippen molar-refractivity contribution in [3.8, 4) is 0 Å². The van der Waals surface area contributed by atoms with Crippen LogP contribution in [0.4, 0.5) is 5.69 Å². The van der Waals surface area contributed by atoms with Gasteiger partial charge >= 0.3 is 0 Å². The van der Waals surface area contributed by atoms with Gasteiger partial charge in [0.05, 0.1) is 9.80 Å². The lowest BCUT2D eigenvalue weighted by Crippen LogP contribution is -2.25. The van der Waals surface area contributed by atoms with E-state index in [0.717, 1.165) is 4.88 Å². The largest absolute Gasteiger partial charge is 0.352 e. The normalized spacial score (nSPS) is 10.3. The maximum atomic E-state index is 12.1. The summed E-state index contributed by atoms with van der Waals surface area (Å²) in [5.41, 5.74) is 0.840. The summed E-state index contributed by atoms with van der Waals surface area (Å²) in [4.78, 5) is 35.3. The number of carbonyl (C=O) groups excluding carboxylic acids is 2. The van der Waals surface area contributed by atoms with E-state index >= 15 is 0 Å². The van der Waals surface area contributed by atoms with Crippen molar-refractivity contribution < 1.29 is 14.5 Å². The highest BCUT2D eigenvalue weighted by Crippen LogP contribution is 2.19. The summed E-state index contributed by atoms with van der Waals surface area (Å²) in [6.07, 6.45) is 0.635. The fourth-order valence-corrected chi connectivity index (χ4v) is 3.01. The summed E-state index contributed by atoms with van der Waals surface area (Å²) in [6.45, 7) is 3.56. The zero-order valence-corrected chi connectivity index (χ0v) is 13.6. The number of Topliss-reactive ketones (excluding diaryl/α,β-unsaturated/α-hetero) is 1. The van der Waals surface area contributed by atoms with Gasteiger partial charge in [-0.15, -0.1) is 11.3 Å². The lowest BCUT2D eigenvalue weighted by molar-refractivity contribution is -0.385. The second-order valence-electron chi connectivity index (χ2n) is 5.09. The van der Waals surface area contributed by atoms with Gasteiger partial charge in [0.1, 0.15) is 0 Å². The Kier molecular flexibility index (Phi) is 5.23. The van der Waals surface area contributed by atoms with Crippen LogP contribution in [0.5, 0.6) is 0 Å². The van der Waals surface area contributed by atoms with Gasteiger partial charge in [0, 0.05) is 28.6 Å². The molecule has 0 saturated carbocycles. The summed E-state index contributed by atoms with van der Waals surface area (Å²) >= 11 is 1.42. The summed E-state index contributed by atoms with van der Waals surface area (Å²) in [5.74, 6) is -0.238. The standard InChI is InChI=1S/C16H16N2O4S/c1-10-9-12(3-5-14(10)18(21)22)16(20)17-8-7-13-4-6-15(23-13)11(2)19/h3-6,9H,7-8H2,1-2H3,(H,17,20). The number of thiophene rings is 1. The molecule has 1 aromatic heterocycles. The molecular weight excluding hydrogens is 316 g/mol. The number of hydrogen-bond donors (Lipinski definition) is 1. The Hall–Kier alpha value is -2.54. The molecule has 0 fully saturated rings. The Morgan fingerprint density at radius 2 is 2.00 bits per heavy atom. The average molecular weight is 332 g/mol. The fraction of sp³-hybridized carbons (Fsp3) is 0.250. The first-order valence-electron chi connectivity index (χ1n) is 7.01. The van der Waals surface area contributed by atoms with Gasteiger partial charge in [0.25, 0.3) is 11.6 Å². The number of nitro groups is 1. The minimum Gasteiger partial charge on any atom is -0.352 e. The molecule has 0 bridgehead atoms. The van der Waals surface area contributed by atoms with E-state index < -0.39 is 4.92 Å². The van der Waals surface area contributed by atoms with Gasteiger partial charge in [-0.25, -0.2) is 0 Å². The molecule has 0 atom stereocenters. The third-order valence-corrected chi connectivity index (χ3v) is 4.57. The molecule has 6 nitrogen and oxygen atoms in total. The number of nitrogens with one attached hydrogen (secondary N) is 1. The van der Waals surface area contributed by atoms with Crippen molar-refractivity contribution in [1.29, 1.82) is 0 Å². The molecule has 23 heavy (non-hydrogen) atoms. The molecule has 1 amide bonds. The van der Waals surface area contributed by atoms with Gasteiger partial charge in [0.15, 0.2) is 5.78 Å². The van der Waals surface area contributed by atoms with Gasteiger partial charge in [-0.1, -0.05) is 0 Å². The maximum absolute atomic E-state index is 12.1. The molecule has 1 N–H and O–H groups in total. The van der Waals surface area contributed by atoms with Crippen LogP contribution in [0.3, 0.4) is 0 Å². The van der Waals surface area contributed by atoms with Crippen LogP contribution >= 0.6 is 11.3 Å². The van der Waals surface area contributed by atoms with Crippen molar-refractivity contribution in [3.63, 3.8) is 0 Å². The summed E-state index contributed by atoms with van der Waals surface area (Å²) in [6, 6.07) is 7.95. The van der Waals surface area contributed by atoms with Crippen LogP contribution in [0.25, 0.3) is 0 Å². The predicted molar refractivity (Wildman–Crippen MR) is 88.2 cm³/mol. The summed E-state index contributed by atoms with van der Waals surface area (Å²) in [5, 5.41) is 13.5. The second kappa shape index (κ2) is 7.15. The molecule has 0 radical (unpaired) electrons. The molecule has 1 aromatic carbocycles. The zero-order valence-electron chi connectivity index (χ0n) is 12.8. The van der Waals surface area contributed by atoms with Crippen LogP contribution in [-0.4, -0.2) is 23.2 Å². The lowest BCUT2D eigenvalue weighted by atomic mass is 10.1. The molecule has 0 aliphatic heterocycles. The zero-order chi connectivity index (χ0) is 17.0. The number of amides is 1. The lowest BCUT2D eigenvalue weighted by Gasteiger charge is -2.05. The monoisotopic (exact) mass is 332 g/mol. The molecule has 7 heteroatoms. The second-order valence-corrected chi connectivity index (χ2v) is 6.25. The number of carbonyl (C=O) groups is 2. The van der Waals surface area contributed by atoms with Crippen LogP contribution in [0, 0.1) is 17.0 Å². The Morgan fingerprint density at radius 3 is 2.57 bits per heavy atom. The first kappa shape index (κ1) is 16.8. The molecule has 0 saturated heterocycles. The van der Waals surface area contributed by atoms with E-state index in [-0.39, 0.29) is 17.4 Å². The third kappa shape index (κ3) is 4.23. The molecule has 0 aliphatic rings.